The molecule has 18 heavy (non-hydrogen) atoms. The van der Waals surface area contributed by atoms with E-state index in [2.05, 4.69) is 25.3 Å². The van der Waals surface area contributed by atoms with Crippen molar-refractivity contribution in [2.24, 2.45) is 0 Å². The van der Waals surface area contributed by atoms with Crippen LogP contribution in [0.2, 0.25) is 0 Å². The highest BCUT2D eigenvalue weighted by molar-refractivity contribution is 5.65. The third-order valence-corrected chi connectivity index (χ3v) is 2.50. The molecule has 2 heterocycles. The maximum Gasteiger partial charge on any atom is 0.223 e. The molecule has 6 heteroatoms. The average molecular weight is 241 g/mol. The van der Waals surface area contributed by atoms with Gasteiger partial charge in [0.1, 0.15) is 5.82 Å². The Bertz CT molecular complexity index is 630. The number of nitrogens with one attached hydrogen (secondary N) is 1. The number of nitrogens with zero attached hydrogens (tertiary/aromatic N) is 4. The lowest BCUT2D eigenvalue weighted by molar-refractivity contribution is 0.394. The zero-order chi connectivity index (χ0) is 12.5. The molecule has 1 N–H and O–H groups in total. The Hall–Kier alpha value is -2.50. The number of aromatic amines is 1. The van der Waals surface area contributed by atoms with Gasteiger partial charge in [-0.15, -0.1) is 0 Å². The molecular formula is C12H11N5O. The van der Waals surface area contributed by atoms with Crippen LogP contribution in [-0.2, 0) is 0 Å². The van der Waals surface area contributed by atoms with Gasteiger partial charge in [-0.1, -0.05) is 23.4 Å². The molecule has 0 fully saturated rings. The highest BCUT2D eigenvalue weighted by Gasteiger charge is 2.09. The first kappa shape index (κ1) is 10.6. The molecule has 0 saturated heterocycles. The van der Waals surface area contributed by atoms with Crippen molar-refractivity contribution in [2.45, 2.75) is 13.8 Å². The minimum Gasteiger partial charge on any atom is -0.339 e. The summed E-state index contributed by atoms with van der Waals surface area (Å²) in [6, 6.07) is 7.72. The second-order valence-electron chi connectivity index (χ2n) is 3.96. The molecule has 0 aliphatic carbocycles. The molecule has 1 aromatic carbocycles. The zero-order valence-electron chi connectivity index (χ0n) is 10.0. The summed E-state index contributed by atoms with van der Waals surface area (Å²) >= 11 is 0. The van der Waals surface area contributed by atoms with Crippen molar-refractivity contribution in [1.82, 2.24) is 25.3 Å². The van der Waals surface area contributed by atoms with Crippen molar-refractivity contribution in [3.8, 4) is 22.8 Å². The van der Waals surface area contributed by atoms with Gasteiger partial charge in [0.25, 0.3) is 0 Å². The van der Waals surface area contributed by atoms with Crippen LogP contribution in [0.4, 0.5) is 0 Å². The molecule has 0 atom stereocenters. The van der Waals surface area contributed by atoms with Crippen LogP contribution in [0.15, 0.2) is 28.8 Å². The van der Waals surface area contributed by atoms with Gasteiger partial charge in [0.2, 0.25) is 11.7 Å². The Morgan fingerprint density at radius 2 is 1.83 bits per heavy atom. The van der Waals surface area contributed by atoms with Crippen LogP contribution in [0, 0.1) is 13.8 Å². The van der Waals surface area contributed by atoms with E-state index in [-0.39, 0.29) is 0 Å². The SMILES string of the molecule is Cc1nc(-c2cccc(-c3noc(C)n3)c2)n[nH]1. The van der Waals surface area contributed by atoms with Crippen molar-refractivity contribution in [3.63, 3.8) is 0 Å². The summed E-state index contributed by atoms with van der Waals surface area (Å²) in [6.45, 7) is 3.63. The lowest BCUT2D eigenvalue weighted by Crippen LogP contribution is -1.85. The molecule has 2 aromatic heterocycles. The number of hydrogen-bond acceptors (Lipinski definition) is 5. The molecule has 0 aliphatic heterocycles. The van der Waals surface area contributed by atoms with Crippen molar-refractivity contribution in [1.29, 1.82) is 0 Å². The van der Waals surface area contributed by atoms with Crippen molar-refractivity contribution < 1.29 is 4.52 Å². The minimum atomic E-state index is 0.546. The summed E-state index contributed by atoms with van der Waals surface area (Å²) in [5, 5.41) is 10.8. The first-order valence-corrected chi connectivity index (χ1v) is 5.52. The molecule has 0 bridgehead atoms. The standard InChI is InChI=1S/C12H11N5O/c1-7-13-11(16-15-7)9-4-3-5-10(6-9)12-14-8(2)18-17-12/h3-6H,1-2H3,(H,13,15,16). The summed E-state index contributed by atoms with van der Waals surface area (Å²) in [7, 11) is 0. The first-order chi connectivity index (χ1) is 8.72. The number of hydrogen-bond donors (Lipinski definition) is 1. The summed E-state index contributed by atoms with van der Waals surface area (Å²) in [5.41, 5.74) is 1.80. The predicted octanol–water partition coefficient (Wildman–Crippen LogP) is 2.14. The lowest BCUT2D eigenvalue weighted by atomic mass is 10.1. The third kappa shape index (κ3) is 1.88. The Balaban J connectivity index is 2.04. The summed E-state index contributed by atoms with van der Waals surface area (Å²) in [5.74, 6) is 2.56. The van der Waals surface area contributed by atoms with E-state index in [4.69, 9.17) is 4.52 Å². The van der Waals surface area contributed by atoms with E-state index < -0.39 is 0 Å². The van der Waals surface area contributed by atoms with Crippen LogP contribution in [0.5, 0.6) is 0 Å². The molecule has 3 rings (SSSR count). The molecule has 0 radical (unpaired) electrons. The fourth-order valence-corrected chi connectivity index (χ4v) is 1.69. The fourth-order valence-electron chi connectivity index (χ4n) is 1.69. The van der Waals surface area contributed by atoms with Crippen LogP contribution in [0.1, 0.15) is 11.7 Å². The molecule has 0 unspecified atom stereocenters. The van der Waals surface area contributed by atoms with E-state index in [0.717, 1.165) is 17.0 Å². The monoisotopic (exact) mass is 241 g/mol. The van der Waals surface area contributed by atoms with Crippen molar-refractivity contribution >= 4 is 0 Å². The quantitative estimate of drug-likeness (QED) is 0.743. The van der Waals surface area contributed by atoms with Crippen molar-refractivity contribution in [3.05, 3.63) is 36.0 Å². The highest BCUT2D eigenvalue weighted by atomic mass is 16.5. The van der Waals surface area contributed by atoms with E-state index in [0.29, 0.717) is 17.5 Å². The largest absolute Gasteiger partial charge is 0.339 e. The Morgan fingerprint density at radius 3 is 2.44 bits per heavy atom. The number of aryl methyl sites for hydroxylation is 2. The van der Waals surface area contributed by atoms with Gasteiger partial charge in [-0.25, -0.2) is 4.98 Å². The minimum absolute atomic E-state index is 0.546. The van der Waals surface area contributed by atoms with E-state index in [1.54, 1.807) is 6.92 Å². The van der Waals surface area contributed by atoms with E-state index in [1.807, 2.05) is 31.2 Å². The molecule has 6 nitrogen and oxygen atoms in total. The molecule has 0 aliphatic rings. The predicted molar refractivity (Wildman–Crippen MR) is 64.6 cm³/mol. The second kappa shape index (κ2) is 4.06. The van der Waals surface area contributed by atoms with Gasteiger partial charge in [0.05, 0.1) is 0 Å². The second-order valence-corrected chi connectivity index (χ2v) is 3.96. The summed E-state index contributed by atoms with van der Waals surface area (Å²) in [6.07, 6.45) is 0. The van der Waals surface area contributed by atoms with Gasteiger partial charge in [-0.3, -0.25) is 5.10 Å². The number of rotatable bonds is 2. The Kier molecular flexibility index (Phi) is 2.40. The first-order valence-electron chi connectivity index (χ1n) is 5.52. The summed E-state index contributed by atoms with van der Waals surface area (Å²) < 4.78 is 4.97. The Morgan fingerprint density at radius 1 is 1.06 bits per heavy atom. The average Bonchev–Trinajstić information content (AvgIpc) is 2.98. The van der Waals surface area contributed by atoms with Crippen LogP contribution < -0.4 is 0 Å². The van der Waals surface area contributed by atoms with Gasteiger partial charge in [-0.2, -0.15) is 10.1 Å². The highest BCUT2D eigenvalue weighted by Crippen LogP contribution is 2.22. The van der Waals surface area contributed by atoms with E-state index >= 15 is 0 Å². The molecule has 0 spiro atoms. The van der Waals surface area contributed by atoms with Gasteiger partial charge < -0.3 is 4.52 Å². The van der Waals surface area contributed by atoms with Crippen LogP contribution in [0.25, 0.3) is 22.8 Å². The number of benzene rings is 1. The van der Waals surface area contributed by atoms with Crippen LogP contribution >= 0.6 is 0 Å². The topological polar surface area (TPSA) is 80.5 Å². The maximum atomic E-state index is 4.97. The maximum absolute atomic E-state index is 4.97. The number of H-pyrrole nitrogens is 1. The Labute approximate surface area is 103 Å². The van der Waals surface area contributed by atoms with E-state index in [9.17, 15) is 0 Å². The van der Waals surface area contributed by atoms with Gasteiger partial charge >= 0.3 is 0 Å². The van der Waals surface area contributed by atoms with Gasteiger partial charge in [-0.05, 0) is 13.0 Å². The molecule has 0 amide bonds. The number of aromatic nitrogens is 5. The lowest BCUT2D eigenvalue weighted by Gasteiger charge is -1.97. The third-order valence-electron chi connectivity index (χ3n) is 2.50. The normalized spacial score (nSPS) is 10.8. The zero-order valence-corrected chi connectivity index (χ0v) is 10.0. The molecule has 0 saturated carbocycles. The molecular weight excluding hydrogens is 230 g/mol. The summed E-state index contributed by atoms with van der Waals surface area (Å²) in [4.78, 5) is 8.48. The molecule has 90 valence electrons. The van der Waals surface area contributed by atoms with Gasteiger partial charge in [0.15, 0.2) is 5.82 Å². The fraction of sp³-hybridized carbons (Fsp3) is 0.167. The van der Waals surface area contributed by atoms with Crippen molar-refractivity contribution in [2.75, 3.05) is 0 Å². The van der Waals surface area contributed by atoms with Crippen LogP contribution in [0.3, 0.4) is 0 Å². The van der Waals surface area contributed by atoms with E-state index in [1.165, 1.54) is 0 Å². The smallest absolute Gasteiger partial charge is 0.223 e. The van der Waals surface area contributed by atoms with Crippen LogP contribution in [-0.4, -0.2) is 25.3 Å². The molecule has 3 aromatic rings. The van der Waals surface area contributed by atoms with Gasteiger partial charge in [0, 0.05) is 18.1 Å².